The highest BCUT2D eigenvalue weighted by atomic mass is 19.4. The van der Waals surface area contributed by atoms with E-state index in [0.29, 0.717) is 5.56 Å². The molecule has 0 aliphatic carbocycles. The number of nitrogens with one attached hydrogen (secondary N) is 1. The highest BCUT2D eigenvalue weighted by Crippen LogP contribution is 2.22. The molecule has 0 fully saturated rings. The van der Waals surface area contributed by atoms with E-state index < -0.39 is 41.3 Å². The largest absolute Gasteiger partial charge is 0.459 e. The molecule has 1 N–H and O–H groups in total. The molecule has 25 heavy (non-hydrogen) atoms. The third kappa shape index (κ3) is 7.97. The zero-order chi connectivity index (χ0) is 19.3. The lowest BCUT2D eigenvalue weighted by Crippen LogP contribution is -2.55. The first kappa shape index (κ1) is 20.9. The number of ether oxygens (including phenoxy) is 1. The van der Waals surface area contributed by atoms with E-state index in [4.69, 9.17) is 4.74 Å². The third-order valence-electron chi connectivity index (χ3n) is 3.10. The fraction of sp³-hybridized carbons (Fsp3) is 0.562. The Bertz CT molecular complexity index is 585. The number of nitrogens with zero attached hydrogens (tertiary/aromatic N) is 1. The van der Waals surface area contributed by atoms with Crippen molar-refractivity contribution in [2.24, 2.45) is 0 Å². The summed E-state index contributed by atoms with van der Waals surface area (Å²) in [4.78, 5) is 21.8. The Morgan fingerprint density at radius 3 is 2.24 bits per heavy atom. The van der Waals surface area contributed by atoms with Crippen molar-refractivity contribution in [1.29, 1.82) is 0 Å². The van der Waals surface area contributed by atoms with E-state index in [1.807, 2.05) is 0 Å². The van der Waals surface area contributed by atoms with Crippen molar-refractivity contribution in [1.82, 2.24) is 5.32 Å². The second-order valence-corrected chi connectivity index (χ2v) is 6.55. The summed E-state index contributed by atoms with van der Waals surface area (Å²) in [6.45, 7) is 3.38. The number of nitro groups is 1. The molecule has 0 aromatic heterocycles. The molecule has 0 saturated heterocycles. The molecule has 0 saturated carbocycles. The SMILES string of the molecule is CC(C)(C)OC(=O)[C@H](Cc1ccccc1)N[C@@H](C[N+](=O)[O-])C(F)(F)F. The van der Waals surface area contributed by atoms with Gasteiger partial charge < -0.3 is 4.74 Å². The van der Waals surface area contributed by atoms with E-state index in [2.05, 4.69) is 5.32 Å². The van der Waals surface area contributed by atoms with Crippen molar-refractivity contribution in [2.45, 2.75) is 51.1 Å². The van der Waals surface area contributed by atoms with Crippen molar-refractivity contribution in [3.63, 3.8) is 0 Å². The summed E-state index contributed by atoms with van der Waals surface area (Å²) in [6.07, 6.45) is -4.95. The Morgan fingerprint density at radius 1 is 1.24 bits per heavy atom. The fourth-order valence-corrected chi connectivity index (χ4v) is 2.08. The van der Waals surface area contributed by atoms with Gasteiger partial charge in [-0.15, -0.1) is 0 Å². The van der Waals surface area contributed by atoms with Crippen LogP contribution in [0, 0.1) is 10.1 Å². The van der Waals surface area contributed by atoms with Crippen molar-refractivity contribution in [2.75, 3.05) is 6.54 Å². The molecule has 0 aliphatic rings. The van der Waals surface area contributed by atoms with Crippen LogP contribution < -0.4 is 5.32 Å². The topological polar surface area (TPSA) is 81.5 Å². The van der Waals surface area contributed by atoms with Crippen molar-refractivity contribution in [3.8, 4) is 0 Å². The van der Waals surface area contributed by atoms with Gasteiger partial charge in [-0.1, -0.05) is 30.3 Å². The number of carbonyl (C=O) groups excluding carboxylic acids is 1. The molecule has 0 bridgehead atoms. The van der Waals surface area contributed by atoms with Gasteiger partial charge in [-0.3, -0.25) is 20.2 Å². The molecule has 0 radical (unpaired) electrons. The number of benzene rings is 1. The smallest absolute Gasteiger partial charge is 0.410 e. The summed E-state index contributed by atoms with van der Waals surface area (Å²) in [7, 11) is 0. The first-order valence-electron chi connectivity index (χ1n) is 7.60. The standard InChI is InChI=1S/C16H21F3N2O4/c1-15(2,3)25-14(22)12(9-11-7-5-4-6-8-11)20-13(10-21(23)24)16(17,18)19/h4-8,12-13,20H,9-10H2,1-3H3/t12-,13-/m0/s1. The van der Waals surface area contributed by atoms with Crippen molar-refractivity contribution in [3.05, 3.63) is 46.0 Å². The van der Waals surface area contributed by atoms with Gasteiger partial charge in [0.25, 0.3) is 0 Å². The molecule has 0 heterocycles. The van der Waals surface area contributed by atoms with Gasteiger partial charge in [0, 0.05) is 4.92 Å². The number of hydrogen-bond donors (Lipinski definition) is 1. The van der Waals surface area contributed by atoms with Crippen LogP contribution in [0.1, 0.15) is 26.3 Å². The quantitative estimate of drug-likeness (QED) is 0.458. The molecule has 0 unspecified atom stereocenters. The summed E-state index contributed by atoms with van der Waals surface area (Å²) in [6, 6.07) is 4.56. The van der Waals surface area contributed by atoms with E-state index in [1.165, 1.54) is 0 Å². The number of carbonyl (C=O) groups is 1. The summed E-state index contributed by atoms with van der Waals surface area (Å²) in [5.74, 6) is -0.894. The van der Waals surface area contributed by atoms with Gasteiger partial charge in [-0.25, -0.2) is 0 Å². The minimum absolute atomic E-state index is 0.0833. The molecule has 0 amide bonds. The van der Waals surface area contributed by atoms with Gasteiger partial charge in [0.1, 0.15) is 11.6 Å². The Kier molecular flexibility index (Phi) is 6.92. The van der Waals surface area contributed by atoms with Gasteiger partial charge in [0.2, 0.25) is 6.54 Å². The van der Waals surface area contributed by atoms with Crippen LogP contribution in [0.3, 0.4) is 0 Å². The highest BCUT2D eigenvalue weighted by Gasteiger charge is 2.45. The Labute approximate surface area is 143 Å². The van der Waals surface area contributed by atoms with E-state index in [-0.39, 0.29) is 6.42 Å². The third-order valence-corrected chi connectivity index (χ3v) is 3.10. The lowest BCUT2D eigenvalue weighted by molar-refractivity contribution is -0.491. The first-order valence-corrected chi connectivity index (χ1v) is 7.60. The second kappa shape index (κ2) is 8.28. The average Bonchev–Trinajstić information content (AvgIpc) is 2.43. The maximum absolute atomic E-state index is 13.1. The summed E-state index contributed by atoms with van der Waals surface area (Å²) in [5, 5.41) is 12.6. The number of esters is 1. The summed E-state index contributed by atoms with van der Waals surface area (Å²) >= 11 is 0. The normalized spacial score (nSPS) is 14.6. The Hall–Kier alpha value is -2.16. The monoisotopic (exact) mass is 362 g/mol. The first-order chi connectivity index (χ1) is 11.4. The molecular weight excluding hydrogens is 341 g/mol. The van der Waals surface area contributed by atoms with Gasteiger partial charge >= 0.3 is 12.1 Å². The highest BCUT2D eigenvalue weighted by molar-refractivity contribution is 5.76. The maximum Gasteiger partial charge on any atom is 0.410 e. The van der Waals surface area contributed by atoms with Crippen LogP contribution in [0.15, 0.2) is 30.3 Å². The molecule has 0 aliphatic heterocycles. The molecule has 9 heteroatoms. The van der Waals surface area contributed by atoms with E-state index in [9.17, 15) is 28.1 Å². The Balaban J connectivity index is 3.02. The minimum atomic E-state index is -4.87. The van der Waals surface area contributed by atoms with Crippen LogP contribution in [-0.4, -0.2) is 41.3 Å². The number of alkyl halides is 3. The van der Waals surface area contributed by atoms with Crippen molar-refractivity contribution >= 4 is 5.97 Å². The predicted octanol–water partition coefficient (Wildman–Crippen LogP) is 2.74. The van der Waals surface area contributed by atoms with Crippen LogP contribution in [0.4, 0.5) is 13.2 Å². The van der Waals surface area contributed by atoms with E-state index in [0.717, 1.165) is 0 Å². The van der Waals surface area contributed by atoms with Crippen LogP contribution in [-0.2, 0) is 16.0 Å². The van der Waals surface area contributed by atoms with Crippen LogP contribution >= 0.6 is 0 Å². The van der Waals surface area contributed by atoms with Crippen molar-refractivity contribution < 1.29 is 27.6 Å². The number of halogens is 3. The lowest BCUT2D eigenvalue weighted by Gasteiger charge is -2.27. The molecule has 1 aromatic rings. The van der Waals surface area contributed by atoms with Crippen LogP contribution in [0.2, 0.25) is 0 Å². The zero-order valence-corrected chi connectivity index (χ0v) is 14.2. The average molecular weight is 362 g/mol. The predicted molar refractivity (Wildman–Crippen MR) is 84.6 cm³/mol. The van der Waals surface area contributed by atoms with E-state index >= 15 is 0 Å². The molecule has 2 atom stereocenters. The lowest BCUT2D eigenvalue weighted by atomic mass is 10.0. The molecule has 1 rings (SSSR count). The molecular formula is C16H21F3N2O4. The number of rotatable bonds is 7. The molecule has 1 aromatic carbocycles. The Morgan fingerprint density at radius 2 is 1.80 bits per heavy atom. The molecule has 0 spiro atoms. The summed E-state index contributed by atoms with van der Waals surface area (Å²) < 4.78 is 44.3. The van der Waals surface area contributed by atoms with Crippen LogP contribution in [0.25, 0.3) is 0 Å². The molecule has 6 nitrogen and oxygen atoms in total. The zero-order valence-electron chi connectivity index (χ0n) is 14.2. The minimum Gasteiger partial charge on any atom is -0.459 e. The number of hydrogen-bond acceptors (Lipinski definition) is 5. The van der Waals surface area contributed by atoms with Crippen LogP contribution in [0.5, 0.6) is 0 Å². The fourth-order valence-electron chi connectivity index (χ4n) is 2.08. The van der Waals surface area contributed by atoms with Gasteiger partial charge in [-0.05, 0) is 32.8 Å². The van der Waals surface area contributed by atoms with E-state index in [1.54, 1.807) is 51.1 Å². The van der Waals surface area contributed by atoms with Gasteiger partial charge in [-0.2, -0.15) is 13.2 Å². The van der Waals surface area contributed by atoms with Gasteiger partial charge in [0.05, 0.1) is 0 Å². The summed E-state index contributed by atoms with van der Waals surface area (Å²) in [5.41, 5.74) is -0.294. The second-order valence-electron chi connectivity index (χ2n) is 6.55. The molecule has 140 valence electrons. The maximum atomic E-state index is 13.1. The van der Waals surface area contributed by atoms with Gasteiger partial charge in [0.15, 0.2) is 6.04 Å².